The summed E-state index contributed by atoms with van der Waals surface area (Å²) >= 11 is 1.49. The van der Waals surface area contributed by atoms with Crippen molar-refractivity contribution in [2.24, 2.45) is 0 Å². The quantitative estimate of drug-likeness (QED) is 0.261. The molecule has 4 rings (SSSR count). The van der Waals surface area contributed by atoms with E-state index < -0.39 is 0 Å². The number of aromatic nitrogens is 1. The van der Waals surface area contributed by atoms with E-state index in [0.717, 1.165) is 27.8 Å². The largest absolute Gasteiger partial charge is 0.427 e. The summed E-state index contributed by atoms with van der Waals surface area (Å²) in [6.45, 7) is 3.56. The zero-order chi connectivity index (χ0) is 22.5. The molecule has 0 aliphatic rings. The molecule has 0 atom stereocenters. The molecule has 0 spiro atoms. The molecule has 32 heavy (non-hydrogen) atoms. The Labute approximate surface area is 191 Å². The van der Waals surface area contributed by atoms with E-state index in [9.17, 15) is 9.59 Å². The van der Waals surface area contributed by atoms with Crippen LogP contribution in [0.4, 0.5) is 5.13 Å². The van der Waals surface area contributed by atoms with Crippen molar-refractivity contribution < 1.29 is 14.3 Å². The van der Waals surface area contributed by atoms with Gasteiger partial charge in [-0.25, -0.2) is 4.98 Å². The van der Waals surface area contributed by atoms with E-state index in [1.807, 2.05) is 30.3 Å². The highest BCUT2D eigenvalue weighted by Crippen LogP contribution is 2.28. The number of ether oxygens (including phenoxy) is 1. The molecule has 0 saturated heterocycles. The molecule has 0 aliphatic heterocycles. The number of nitrogens with one attached hydrogen (secondary N) is 1. The van der Waals surface area contributed by atoms with Crippen LogP contribution in [0.25, 0.3) is 21.3 Å². The first-order chi connectivity index (χ1) is 15.5. The molecule has 0 saturated carbocycles. The topological polar surface area (TPSA) is 68.3 Å². The molecular formula is C26H24N2O3S. The van der Waals surface area contributed by atoms with Gasteiger partial charge in [0.1, 0.15) is 5.75 Å². The van der Waals surface area contributed by atoms with Gasteiger partial charge in [0.25, 0.3) is 5.91 Å². The first-order valence-corrected chi connectivity index (χ1v) is 11.4. The Kier molecular flexibility index (Phi) is 6.61. The van der Waals surface area contributed by atoms with Gasteiger partial charge in [-0.15, -0.1) is 0 Å². The number of carbonyl (C=O) groups excluding carboxylic acids is 2. The molecule has 0 radical (unpaired) electrons. The van der Waals surface area contributed by atoms with E-state index >= 15 is 0 Å². The number of hydrogen-bond donors (Lipinski definition) is 1. The number of amides is 1. The minimum Gasteiger partial charge on any atom is -0.427 e. The molecule has 4 aromatic rings. The summed E-state index contributed by atoms with van der Waals surface area (Å²) in [5.74, 6) is -0.0317. The van der Waals surface area contributed by atoms with Crippen LogP contribution in [0.15, 0.2) is 66.7 Å². The third-order valence-corrected chi connectivity index (χ3v) is 6.02. The fourth-order valence-electron chi connectivity index (χ4n) is 3.42. The molecule has 3 aromatic carbocycles. The van der Waals surface area contributed by atoms with Crippen molar-refractivity contribution in [3.63, 3.8) is 0 Å². The summed E-state index contributed by atoms with van der Waals surface area (Å²) in [7, 11) is 0. The van der Waals surface area contributed by atoms with Gasteiger partial charge in [-0.05, 0) is 65.9 Å². The number of nitrogens with zero attached hydrogens (tertiary/aromatic N) is 1. The zero-order valence-corrected chi connectivity index (χ0v) is 18.9. The highest BCUT2D eigenvalue weighted by molar-refractivity contribution is 7.22. The van der Waals surface area contributed by atoms with Crippen molar-refractivity contribution in [2.75, 3.05) is 5.32 Å². The summed E-state index contributed by atoms with van der Waals surface area (Å²) in [5.41, 5.74) is 4.71. The van der Waals surface area contributed by atoms with E-state index in [0.29, 0.717) is 16.4 Å². The number of anilines is 1. The number of carbonyl (C=O) groups is 2. The lowest BCUT2D eigenvalue weighted by Crippen LogP contribution is -2.11. The van der Waals surface area contributed by atoms with Crippen molar-refractivity contribution in [1.82, 2.24) is 4.98 Å². The highest BCUT2D eigenvalue weighted by Gasteiger charge is 2.11. The van der Waals surface area contributed by atoms with Gasteiger partial charge in [-0.3, -0.25) is 14.9 Å². The van der Waals surface area contributed by atoms with Gasteiger partial charge in [-0.1, -0.05) is 55.0 Å². The Balaban J connectivity index is 1.44. The lowest BCUT2D eigenvalue weighted by atomic mass is 10.0. The number of hydrogen-bond acceptors (Lipinski definition) is 5. The van der Waals surface area contributed by atoms with Crippen LogP contribution >= 0.6 is 11.3 Å². The van der Waals surface area contributed by atoms with Gasteiger partial charge >= 0.3 is 5.97 Å². The smallest absolute Gasteiger partial charge is 0.308 e. The molecular weight excluding hydrogens is 420 g/mol. The SMILES string of the molecule is CCCCc1ccc2nc(NC(=O)c3ccc(-c4ccc(OC(C)=O)cc4)cc3)sc2c1. The van der Waals surface area contributed by atoms with Gasteiger partial charge in [0.05, 0.1) is 10.2 Å². The maximum Gasteiger partial charge on any atom is 0.308 e. The summed E-state index contributed by atoms with van der Waals surface area (Å²) in [6.07, 6.45) is 3.39. The van der Waals surface area contributed by atoms with Crippen LogP contribution in [-0.4, -0.2) is 16.9 Å². The van der Waals surface area contributed by atoms with Crippen LogP contribution in [0.5, 0.6) is 5.75 Å². The van der Waals surface area contributed by atoms with E-state index in [-0.39, 0.29) is 11.9 Å². The predicted molar refractivity (Wildman–Crippen MR) is 129 cm³/mol. The van der Waals surface area contributed by atoms with Crippen LogP contribution in [0.3, 0.4) is 0 Å². The molecule has 1 heterocycles. The third kappa shape index (κ3) is 5.21. The van der Waals surface area contributed by atoms with Gasteiger partial charge in [0.15, 0.2) is 5.13 Å². The summed E-state index contributed by atoms with van der Waals surface area (Å²) in [5, 5.41) is 3.51. The van der Waals surface area contributed by atoms with E-state index in [1.54, 1.807) is 24.3 Å². The summed E-state index contributed by atoms with van der Waals surface area (Å²) in [4.78, 5) is 28.3. The van der Waals surface area contributed by atoms with E-state index in [4.69, 9.17) is 4.74 Å². The molecule has 0 fully saturated rings. The van der Waals surface area contributed by atoms with Crippen molar-refractivity contribution in [3.05, 3.63) is 77.9 Å². The number of thiazole rings is 1. The first-order valence-electron chi connectivity index (χ1n) is 10.6. The lowest BCUT2D eigenvalue weighted by Gasteiger charge is -2.06. The monoisotopic (exact) mass is 444 g/mol. The number of benzene rings is 3. The van der Waals surface area contributed by atoms with Crippen LogP contribution in [0.2, 0.25) is 0 Å². The van der Waals surface area contributed by atoms with Gasteiger partial charge in [0.2, 0.25) is 0 Å². The van der Waals surface area contributed by atoms with Crippen molar-refractivity contribution in [1.29, 1.82) is 0 Å². The highest BCUT2D eigenvalue weighted by atomic mass is 32.1. The summed E-state index contributed by atoms with van der Waals surface area (Å²) in [6, 6.07) is 20.9. The molecule has 0 bridgehead atoms. The second-order valence-corrected chi connectivity index (χ2v) is 8.60. The normalized spacial score (nSPS) is 10.8. The van der Waals surface area contributed by atoms with Crippen molar-refractivity contribution in [2.45, 2.75) is 33.1 Å². The molecule has 6 heteroatoms. The van der Waals surface area contributed by atoms with Crippen LogP contribution in [0.1, 0.15) is 42.6 Å². The van der Waals surface area contributed by atoms with Gasteiger partial charge < -0.3 is 4.74 Å². The maximum absolute atomic E-state index is 12.7. The second kappa shape index (κ2) is 9.75. The number of unbranched alkanes of at least 4 members (excludes halogenated alkanes) is 1. The van der Waals surface area contributed by atoms with Gasteiger partial charge in [-0.2, -0.15) is 0 Å². The molecule has 5 nitrogen and oxygen atoms in total. The van der Waals surface area contributed by atoms with Gasteiger partial charge in [0, 0.05) is 12.5 Å². The predicted octanol–water partition coefficient (Wildman–Crippen LogP) is 6.48. The minimum atomic E-state index is -0.349. The Morgan fingerprint density at radius 1 is 0.969 bits per heavy atom. The Morgan fingerprint density at radius 2 is 1.66 bits per heavy atom. The minimum absolute atomic E-state index is 0.188. The molecule has 1 amide bonds. The molecule has 0 aliphatic carbocycles. The number of esters is 1. The first kappa shape index (κ1) is 21.7. The second-order valence-electron chi connectivity index (χ2n) is 7.57. The van der Waals surface area contributed by atoms with Crippen LogP contribution in [0, 0.1) is 0 Å². The van der Waals surface area contributed by atoms with Crippen molar-refractivity contribution in [3.8, 4) is 16.9 Å². The number of aryl methyl sites for hydroxylation is 1. The average molecular weight is 445 g/mol. The summed E-state index contributed by atoms with van der Waals surface area (Å²) < 4.78 is 6.15. The Morgan fingerprint density at radius 3 is 2.31 bits per heavy atom. The third-order valence-electron chi connectivity index (χ3n) is 5.09. The van der Waals surface area contributed by atoms with E-state index in [1.165, 1.54) is 36.7 Å². The molecule has 1 aromatic heterocycles. The fraction of sp³-hybridized carbons (Fsp3) is 0.192. The zero-order valence-electron chi connectivity index (χ0n) is 18.1. The number of fused-ring (bicyclic) bond motifs is 1. The van der Waals surface area contributed by atoms with Crippen LogP contribution in [-0.2, 0) is 11.2 Å². The fourth-order valence-corrected chi connectivity index (χ4v) is 4.35. The lowest BCUT2D eigenvalue weighted by molar-refractivity contribution is -0.131. The van der Waals surface area contributed by atoms with Crippen molar-refractivity contribution >= 4 is 38.6 Å². The average Bonchev–Trinajstić information content (AvgIpc) is 3.19. The number of rotatable bonds is 7. The molecule has 0 unspecified atom stereocenters. The Hall–Kier alpha value is -3.51. The Bertz CT molecular complexity index is 1240. The van der Waals surface area contributed by atoms with E-state index in [2.05, 4.69) is 29.4 Å². The van der Waals surface area contributed by atoms with Crippen LogP contribution < -0.4 is 10.1 Å². The molecule has 162 valence electrons. The standard InChI is InChI=1S/C26H24N2O3S/c1-3-4-5-18-6-15-23-24(16-18)32-26(27-23)28-25(30)21-9-7-19(8-10-21)20-11-13-22(14-12-20)31-17(2)29/h6-16H,3-5H2,1-2H3,(H,27,28,30). The molecule has 1 N–H and O–H groups in total. The maximum atomic E-state index is 12.7.